The highest BCUT2D eigenvalue weighted by molar-refractivity contribution is 6.34. The van der Waals surface area contributed by atoms with Crippen LogP contribution in [0.2, 0.25) is 0 Å². The van der Waals surface area contributed by atoms with Crippen LogP contribution in [0.15, 0.2) is 63.7 Å². The highest BCUT2D eigenvalue weighted by atomic mass is 16.3. The second-order valence-electron chi connectivity index (χ2n) is 19.0. The van der Waals surface area contributed by atoms with E-state index in [2.05, 4.69) is 59.3 Å². The van der Waals surface area contributed by atoms with Crippen molar-refractivity contribution in [2.75, 3.05) is 0 Å². The number of hydrogen-bond acceptors (Lipinski definition) is 4. The van der Waals surface area contributed by atoms with Crippen LogP contribution in [0.1, 0.15) is 110 Å². The van der Waals surface area contributed by atoms with Crippen LogP contribution in [0.5, 0.6) is 0 Å². The second kappa shape index (κ2) is 8.12. The van der Waals surface area contributed by atoms with Gasteiger partial charge in [0, 0.05) is 60.9 Å². The summed E-state index contributed by atoms with van der Waals surface area (Å²) < 4.78 is 16.3. The molecule has 6 aromatic heterocycles. The monoisotopic (exact) mass is 675 g/mol. The summed E-state index contributed by atoms with van der Waals surface area (Å²) >= 11 is 0. The maximum absolute atomic E-state index is 7.22. The van der Waals surface area contributed by atoms with Gasteiger partial charge in [-0.15, -0.1) is 0 Å². The van der Waals surface area contributed by atoms with Crippen molar-refractivity contribution in [3.05, 3.63) is 77.4 Å². The standard InChI is InChI=1S/C47H37N3O2/c1-2-4-35-28(3-1)29-14-37-30(15-36(29)51-35)31-13-32-40-33(18-48-43-23-8-20-5-21(9-23)7-22(6-20)38(40)43)50-34-19-49-44-25-11-27-12-26-10-24(16-47(26,27)17-25)39(44)41(34)42(45(32)50)46(31)52-37/h1-4,13-15,18-27H,5-12,16-17H2. The van der Waals surface area contributed by atoms with Gasteiger partial charge in [-0.25, -0.2) is 0 Å². The predicted octanol–water partition coefficient (Wildman–Crippen LogP) is 12.2. The summed E-state index contributed by atoms with van der Waals surface area (Å²) in [6.07, 6.45) is 18.2. The summed E-state index contributed by atoms with van der Waals surface area (Å²) in [6.45, 7) is 0. The van der Waals surface area contributed by atoms with E-state index in [9.17, 15) is 0 Å². The van der Waals surface area contributed by atoms with Gasteiger partial charge in [-0.2, -0.15) is 0 Å². The number of nitrogens with zero attached hydrogens (tertiary/aromatic N) is 3. The molecule has 5 saturated carbocycles. The van der Waals surface area contributed by atoms with Crippen molar-refractivity contribution in [2.24, 2.45) is 29.1 Å². The molecule has 3 aromatic carbocycles. The Morgan fingerprint density at radius 2 is 1.25 bits per heavy atom. The lowest BCUT2D eigenvalue weighted by Crippen LogP contribution is -2.41. The van der Waals surface area contributed by atoms with Crippen molar-refractivity contribution >= 4 is 82.0 Å². The first-order chi connectivity index (χ1) is 25.7. The van der Waals surface area contributed by atoms with Gasteiger partial charge in [-0.1, -0.05) is 18.2 Å². The van der Waals surface area contributed by atoms with Crippen LogP contribution in [0.25, 0.3) is 82.0 Å². The molecule has 7 atom stereocenters. The van der Waals surface area contributed by atoms with E-state index in [4.69, 9.17) is 18.8 Å². The summed E-state index contributed by atoms with van der Waals surface area (Å²) in [5.41, 5.74) is 14.4. The molecule has 52 heavy (non-hydrogen) atoms. The van der Waals surface area contributed by atoms with E-state index in [1.54, 1.807) is 11.1 Å². The van der Waals surface area contributed by atoms with Crippen molar-refractivity contribution in [3.63, 3.8) is 0 Å². The number of hydrogen-bond donors (Lipinski definition) is 0. The predicted molar refractivity (Wildman–Crippen MR) is 205 cm³/mol. The molecule has 0 N–H and O–H groups in total. The fourth-order valence-corrected chi connectivity index (χ4v) is 15.5. The molecule has 6 heterocycles. The molecule has 0 radical (unpaired) electrons. The number of furan rings is 2. The van der Waals surface area contributed by atoms with Gasteiger partial charge in [0.15, 0.2) is 0 Å². The lowest BCUT2D eigenvalue weighted by atomic mass is 9.56. The Kier molecular flexibility index (Phi) is 4.09. The molecule has 5 nitrogen and oxygen atoms in total. The Hall–Kier alpha value is -4.64. The Morgan fingerprint density at radius 3 is 2.12 bits per heavy atom. The molecule has 0 amide bonds. The zero-order chi connectivity index (χ0) is 32.9. The molecule has 1 spiro atoms. The minimum atomic E-state index is 0.584. The zero-order valence-electron chi connectivity index (χ0n) is 29.0. The van der Waals surface area contributed by atoms with E-state index in [0.717, 1.165) is 62.2 Å². The summed E-state index contributed by atoms with van der Waals surface area (Å²) in [5, 5.41) is 10.3. The van der Waals surface area contributed by atoms with E-state index < -0.39 is 0 Å². The first-order valence-corrected chi connectivity index (χ1v) is 20.4. The molecule has 5 fully saturated rings. The minimum absolute atomic E-state index is 0.584. The minimum Gasteiger partial charge on any atom is -0.456 e. The molecule has 8 aliphatic rings. The van der Waals surface area contributed by atoms with Crippen molar-refractivity contribution < 1.29 is 8.83 Å². The van der Waals surface area contributed by atoms with Gasteiger partial charge in [0.1, 0.15) is 22.3 Å². The molecule has 7 bridgehead atoms. The Morgan fingerprint density at radius 1 is 0.558 bits per heavy atom. The van der Waals surface area contributed by atoms with Gasteiger partial charge < -0.3 is 13.2 Å². The van der Waals surface area contributed by atoms with E-state index in [0.29, 0.717) is 29.1 Å². The molecule has 0 aliphatic heterocycles. The van der Waals surface area contributed by atoms with Crippen molar-refractivity contribution in [2.45, 2.75) is 87.9 Å². The van der Waals surface area contributed by atoms with Crippen molar-refractivity contribution in [3.8, 4) is 0 Å². The summed E-state index contributed by atoms with van der Waals surface area (Å²) in [4.78, 5) is 11.0. The van der Waals surface area contributed by atoms with Gasteiger partial charge in [0.05, 0.1) is 34.3 Å². The number of pyridine rings is 2. The third-order valence-electron chi connectivity index (χ3n) is 17.0. The van der Waals surface area contributed by atoms with Crippen LogP contribution in [0, 0.1) is 29.1 Å². The molecule has 0 saturated heterocycles. The highest BCUT2D eigenvalue weighted by Gasteiger charge is 2.66. The molecule has 17 rings (SSSR count). The zero-order valence-corrected chi connectivity index (χ0v) is 29.0. The van der Waals surface area contributed by atoms with Gasteiger partial charge in [0.2, 0.25) is 0 Å². The Labute approximate surface area is 298 Å². The van der Waals surface area contributed by atoms with Crippen LogP contribution in [0.3, 0.4) is 0 Å². The fourth-order valence-electron chi connectivity index (χ4n) is 15.5. The van der Waals surface area contributed by atoms with Gasteiger partial charge in [0.25, 0.3) is 0 Å². The first kappa shape index (κ1) is 26.2. The topological polar surface area (TPSA) is 56.5 Å². The molecule has 9 aromatic rings. The maximum atomic E-state index is 7.22. The van der Waals surface area contributed by atoms with Crippen LogP contribution in [-0.4, -0.2) is 14.4 Å². The van der Waals surface area contributed by atoms with Gasteiger partial charge in [-0.3, -0.25) is 9.97 Å². The third kappa shape index (κ3) is 2.68. The average molecular weight is 676 g/mol. The summed E-state index contributed by atoms with van der Waals surface area (Å²) in [6, 6.07) is 15.5. The van der Waals surface area contributed by atoms with E-state index in [1.807, 2.05) is 0 Å². The van der Waals surface area contributed by atoms with E-state index >= 15 is 0 Å². The van der Waals surface area contributed by atoms with Crippen LogP contribution in [-0.2, 0) is 0 Å². The largest absolute Gasteiger partial charge is 0.456 e. The van der Waals surface area contributed by atoms with E-state index in [-0.39, 0.29) is 0 Å². The summed E-state index contributed by atoms with van der Waals surface area (Å²) in [7, 11) is 0. The fraction of sp³-hybridized carbons (Fsp3) is 0.404. The number of fused-ring (bicyclic) bond motifs is 19. The highest BCUT2D eigenvalue weighted by Crippen LogP contribution is 2.76. The molecule has 252 valence electrons. The number of rotatable bonds is 0. The van der Waals surface area contributed by atoms with Gasteiger partial charge in [-0.05, 0) is 141 Å². The Bertz CT molecular complexity index is 3160. The Balaban J connectivity index is 1.11. The van der Waals surface area contributed by atoms with Gasteiger partial charge >= 0.3 is 0 Å². The van der Waals surface area contributed by atoms with E-state index in [1.165, 1.54) is 119 Å². The van der Waals surface area contributed by atoms with Crippen molar-refractivity contribution in [1.82, 2.24) is 14.4 Å². The quantitative estimate of drug-likeness (QED) is 0.160. The molecular formula is C47H37N3O2. The number of aromatic nitrogens is 3. The number of para-hydroxylation sites is 1. The number of benzene rings is 3. The lowest BCUT2D eigenvalue weighted by Gasteiger charge is -2.48. The van der Waals surface area contributed by atoms with Crippen molar-refractivity contribution in [1.29, 1.82) is 0 Å². The maximum Gasteiger partial charge on any atom is 0.145 e. The molecule has 8 aliphatic carbocycles. The lowest BCUT2D eigenvalue weighted by molar-refractivity contribution is 0.00321. The normalized spacial score (nSPS) is 33.8. The first-order valence-electron chi connectivity index (χ1n) is 20.4. The van der Waals surface area contributed by atoms with Crippen LogP contribution < -0.4 is 0 Å². The molecule has 7 unspecified atom stereocenters. The summed E-state index contributed by atoms with van der Waals surface area (Å²) in [5.74, 6) is 5.97. The average Bonchev–Trinajstić information content (AvgIpc) is 3.95. The smallest absolute Gasteiger partial charge is 0.145 e. The molecule has 5 heteroatoms. The SMILES string of the molecule is c1ccc2c(c1)oc1cc3c(cc12)oc1c3cc2c3c4c(ncc3n3c5cnc6c(c5c1c23)C1CC2CC3CC6CC32C1)C1CC2CC(C1)CC4C2. The second-order valence-corrected chi connectivity index (χ2v) is 19.0. The van der Waals surface area contributed by atoms with Crippen LogP contribution >= 0.6 is 0 Å². The van der Waals surface area contributed by atoms with Crippen LogP contribution in [0.4, 0.5) is 0 Å². The third-order valence-corrected chi connectivity index (χ3v) is 17.0. The molecular weight excluding hydrogens is 639 g/mol.